The van der Waals surface area contributed by atoms with E-state index in [2.05, 4.69) is 29.1 Å². The van der Waals surface area contributed by atoms with Crippen molar-refractivity contribution >= 4 is 62.2 Å². The summed E-state index contributed by atoms with van der Waals surface area (Å²) in [5, 5.41) is 5.43. The predicted molar refractivity (Wildman–Crippen MR) is 112 cm³/mol. The number of aryl methyl sites for hydroxylation is 2. The Bertz CT molecular complexity index is 971. The number of fused-ring (bicyclic) bond motifs is 1. The summed E-state index contributed by atoms with van der Waals surface area (Å²) in [6.07, 6.45) is 1.55. The van der Waals surface area contributed by atoms with Crippen molar-refractivity contribution in [1.29, 1.82) is 0 Å². The van der Waals surface area contributed by atoms with Crippen molar-refractivity contribution < 1.29 is 4.79 Å². The number of carbonyl (C=O) groups is 1. The molecule has 2 heterocycles. The smallest absolute Gasteiger partial charge is 0.234 e. The zero-order chi connectivity index (χ0) is 18.8. The number of carbonyl (C=O) groups excluding carboxylic acids is 1. The molecule has 0 atom stereocenters. The molecule has 0 fully saturated rings. The van der Waals surface area contributed by atoms with Gasteiger partial charge in [0.2, 0.25) is 5.91 Å². The van der Waals surface area contributed by atoms with Gasteiger partial charge in [-0.05, 0) is 31.5 Å². The molecule has 26 heavy (non-hydrogen) atoms. The number of nitrogens with one attached hydrogen (secondary N) is 1. The normalized spacial score (nSPS) is 11.0. The van der Waals surface area contributed by atoms with E-state index in [-0.39, 0.29) is 11.7 Å². The zero-order valence-electron chi connectivity index (χ0n) is 15.0. The number of amides is 1. The van der Waals surface area contributed by atoms with Crippen molar-refractivity contribution in [3.05, 3.63) is 40.0 Å². The molecule has 1 N–H and O–H groups in total. The first kappa shape index (κ1) is 18.9. The van der Waals surface area contributed by atoms with E-state index in [1.165, 1.54) is 22.2 Å². The molecule has 0 aliphatic heterocycles. The van der Waals surface area contributed by atoms with E-state index in [0.717, 1.165) is 20.9 Å². The van der Waals surface area contributed by atoms with Crippen LogP contribution < -0.4 is 10.2 Å². The van der Waals surface area contributed by atoms with Gasteiger partial charge in [0.15, 0.2) is 0 Å². The molecule has 0 bridgehead atoms. The molecule has 3 rings (SSSR count). The van der Waals surface area contributed by atoms with Crippen LogP contribution in [-0.4, -0.2) is 35.7 Å². The number of thiophene rings is 1. The average Bonchev–Trinajstić information content (AvgIpc) is 2.88. The van der Waals surface area contributed by atoms with Crippen molar-refractivity contribution in [2.75, 3.05) is 30.1 Å². The van der Waals surface area contributed by atoms with E-state index < -0.39 is 0 Å². The minimum Gasteiger partial charge on any atom is -0.375 e. The molecular weight excluding hydrogens is 388 g/mol. The minimum absolute atomic E-state index is 0.100. The van der Waals surface area contributed by atoms with Gasteiger partial charge in [0.05, 0.1) is 22.2 Å². The third-order valence-corrected chi connectivity index (χ3v) is 6.39. The van der Waals surface area contributed by atoms with Crippen LogP contribution in [0.3, 0.4) is 0 Å². The Morgan fingerprint density at radius 1 is 1.31 bits per heavy atom. The second-order valence-corrected chi connectivity index (χ2v) is 8.58. The summed E-state index contributed by atoms with van der Waals surface area (Å²) >= 11 is 9.32. The summed E-state index contributed by atoms with van der Waals surface area (Å²) < 4.78 is 0. The van der Waals surface area contributed by atoms with Crippen molar-refractivity contribution in [1.82, 2.24) is 9.97 Å². The maximum atomic E-state index is 12.5. The summed E-state index contributed by atoms with van der Waals surface area (Å²) in [7, 11) is 3.79. The van der Waals surface area contributed by atoms with Crippen molar-refractivity contribution in [3.63, 3.8) is 0 Å². The number of thioether (sulfide) groups is 1. The van der Waals surface area contributed by atoms with Gasteiger partial charge >= 0.3 is 0 Å². The van der Waals surface area contributed by atoms with Crippen LogP contribution in [0.15, 0.2) is 29.6 Å². The van der Waals surface area contributed by atoms with E-state index in [0.29, 0.717) is 10.7 Å². The molecule has 8 heteroatoms. The second-order valence-electron chi connectivity index (χ2n) is 6.01. The molecule has 0 spiro atoms. The molecular formula is C18H19ClN4OS2. The van der Waals surface area contributed by atoms with E-state index in [4.69, 9.17) is 11.6 Å². The van der Waals surface area contributed by atoms with Gasteiger partial charge in [0, 0.05) is 24.4 Å². The Hall–Kier alpha value is -1.83. The topological polar surface area (TPSA) is 58.1 Å². The number of halogens is 1. The van der Waals surface area contributed by atoms with E-state index >= 15 is 0 Å². The van der Waals surface area contributed by atoms with Crippen LogP contribution in [0.25, 0.3) is 10.2 Å². The van der Waals surface area contributed by atoms with Gasteiger partial charge in [-0.2, -0.15) is 0 Å². The number of benzene rings is 1. The molecule has 136 valence electrons. The summed E-state index contributed by atoms with van der Waals surface area (Å²) in [6, 6.07) is 5.48. The fourth-order valence-corrected chi connectivity index (χ4v) is 4.91. The maximum Gasteiger partial charge on any atom is 0.234 e. The molecule has 1 amide bonds. The minimum atomic E-state index is -0.100. The van der Waals surface area contributed by atoms with Crippen molar-refractivity contribution in [2.24, 2.45) is 0 Å². The van der Waals surface area contributed by atoms with Crippen LogP contribution in [0.5, 0.6) is 0 Å². The molecule has 0 saturated heterocycles. The molecule has 0 unspecified atom stereocenters. The highest BCUT2D eigenvalue weighted by Crippen LogP contribution is 2.35. The summed E-state index contributed by atoms with van der Waals surface area (Å²) in [5.41, 5.74) is 2.67. The standard InChI is InChI=1S/C18H19ClN4OS2/c1-10-11(2)26-18-15(10)17(20-9-21-18)25-8-14(24)22-13-7-5-6-12(19)16(13)23(3)4/h5-7,9H,8H2,1-4H3,(H,22,24). The van der Waals surface area contributed by atoms with Crippen molar-refractivity contribution in [3.8, 4) is 0 Å². The third kappa shape index (κ3) is 3.79. The van der Waals surface area contributed by atoms with Gasteiger partial charge < -0.3 is 10.2 Å². The quantitative estimate of drug-likeness (QED) is 0.489. The van der Waals surface area contributed by atoms with Crippen LogP contribution >= 0.6 is 34.7 Å². The number of nitrogens with zero attached hydrogens (tertiary/aromatic N) is 3. The highest BCUT2D eigenvalue weighted by molar-refractivity contribution is 8.00. The molecule has 3 aromatic rings. The molecule has 5 nitrogen and oxygen atoms in total. The van der Waals surface area contributed by atoms with Gasteiger partial charge in [-0.15, -0.1) is 11.3 Å². The number of hydrogen-bond acceptors (Lipinski definition) is 6. The van der Waals surface area contributed by atoms with E-state index in [1.807, 2.05) is 31.1 Å². The van der Waals surface area contributed by atoms with Crippen LogP contribution in [-0.2, 0) is 4.79 Å². The fraction of sp³-hybridized carbons (Fsp3) is 0.278. The van der Waals surface area contributed by atoms with Crippen LogP contribution in [0, 0.1) is 13.8 Å². The summed E-state index contributed by atoms with van der Waals surface area (Å²) in [6.45, 7) is 4.14. The van der Waals surface area contributed by atoms with E-state index in [1.54, 1.807) is 23.7 Å². The molecule has 0 aliphatic rings. The Morgan fingerprint density at radius 3 is 2.81 bits per heavy atom. The summed E-state index contributed by atoms with van der Waals surface area (Å²) in [4.78, 5) is 25.2. The lowest BCUT2D eigenvalue weighted by Crippen LogP contribution is -2.18. The molecule has 2 aromatic heterocycles. The number of anilines is 2. The van der Waals surface area contributed by atoms with Gasteiger partial charge in [-0.25, -0.2) is 9.97 Å². The molecule has 0 aliphatic carbocycles. The van der Waals surface area contributed by atoms with Crippen LogP contribution in [0.4, 0.5) is 11.4 Å². The molecule has 0 saturated carbocycles. The Kier molecular flexibility index (Phi) is 5.70. The maximum absolute atomic E-state index is 12.5. The van der Waals surface area contributed by atoms with Crippen LogP contribution in [0.1, 0.15) is 10.4 Å². The highest BCUT2D eigenvalue weighted by atomic mass is 35.5. The van der Waals surface area contributed by atoms with Gasteiger partial charge in [-0.1, -0.05) is 29.4 Å². The second kappa shape index (κ2) is 7.82. The number of rotatable bonds is 5. The first-order valence-corrected chi connectivity index (χ1v) is 10.2. The Balaban J connectivity index is 1.76. The number of para-hydroxylation sites is 1. The summed E-state index contributed by atoms with van der Waals surface area (Å²) in [5.74, 6) is 0.163. The largest absolute Gasteiger partial charge is 0.375 e. The fourth-order valence-electron chi connectivity index (χ4n) is 2.65. The lowest BCUT2D eigenvalue weighted by atomic mass is 10.2. The first-order valence-electron chi connectivity index (χ1n) is 7.97. The number of aromatic nitrogens is 2. The van der Waals surface area contributed by atoms with E-state index in [9.17, 15) is 4.79 Å². The van der Waals surface area contributed by atoms with Gasteiger partial charge in [0.25, 0.3) is 0 Å². The Labute approximate surface area is 165 Å². The third-order valence-electron chi connectivity index (χ3n) is 3.98. The Morgan fingerprint density at radius 2 is 2.08 bits per heavy atom. The molecule has 1 aromatic carbocycles. The highest BCUT2D eigenvalue weighted by Gasteiger charge is 2.15. The number of hydrogen-bond donors (Lipinski definition) is 1. The lowest BCUT2D eigenvalue weighted by molar-refractivity contribution is -0.113. The first-order chi connectivity index (χ1) is 12.4. The zero-order valence-corrected chi connectivity index (χ0v) is 17.3. The predicted octanol–water partition coefficient (Wildman–Crippen LogP) is 4.76. The van der Waals surface area contributed by atoms with Gasteiger partial charge in [-0.3, -0.25) is 4.79 Å². The average molecular weight is 407 g/mol. The monoisotopic (exact) mass is 406 g/mol. The van der Waals surface area contributed by atoms with Crippen LogP contribution in [0.2, 0.25) is 5.02 Å². The SMILES string of the molecule is Cc1sc2ncnc(SCC(=O)Nc3cccc(Cl)c3N(C)C)c2c1C. The lowest BCUT2D eigenvalue weighted by Gasteiger charge is -2.19. The van der Waals surface area contributed by atoms with Gasteiger partial charge in [0.1, 0.15) is 16.2 Å². The van der Waals surface area contributed by atoms with Crippen molar-refractivity contribution in [2.45, 2.75) is 18.9 Å². The molecule has 0 radical (unpaired) electrons.